The van der Waals surface area contributed by atoms with Gasteiger partial charge in [-0.05, 0) is 6.92 Å². The number of nitro groups is 1. The quantitative estimate of drug-likeness (QED) is 0.461. The Morgan fingerprint density at radius 1 is 1.67 bits per heavy atom. The molecule has 0 atom stereocenters. The highest BCUT2D eigenvalue weighted by molar-refractivity contribution is 6.17. The summed E-state index contributed by atoms with van der Waals surface area (Å²) < 4.78 is 24.9. The number of aromatic nitrogens is 1. The molecule has 0 saturated heterocycles. The van der Waals surface area contributed by atoms with E-state index in [1.165, 1.54) is 6.92 Å². The first-order valence-corrected chi connectivity index (χ1v) is 4.49. The van der Waals surface area contributed by atoms with Crippen LogP contribution in [0.25, 0.3) is 0 Å². The first kappa shape index (κ1) is 11.8. The van der Waals surface area contributed by atoms with Crippen molar-refractivity contribution in [3.05, 3.63) is 33.1 Å². The molecule has 15 heavy (non-hydrogen) atoms. The molecule has 0 spiro atoms. The molecule has 0 aliphatic carbocycles. The maximum atomic E-state index is 12.4. The Bertz CT molecular complexity index is 398. The second kappa shape index (κ2) is 4.48. The average Bonchev–Trinajstić information content (AvgIpc) is 2.16. The van der Waals surface area contributed by atoms with E-state index < -0.39 is 22.6 Å². The molecule has 0 N–H and O–H groups in total. The zero-order valence-electron chi connectivity index (χ0n) is 7.71. The molecule has 0 bridgehead atoms. The zero-order valence-corrected chi connectivity index (χ0v) is 8.46. The minimum Gasteiger partial charge on any atom is -0.259 e. The monoisotopic (exact) mass is 236 g/mol. The van der Waals surface area contributed by atoms with Crippen LogP contribution in [0.3, 0.4) is 0 Å². The molecule has 0 aliphatic heterocycles. The van der Waals surface area contributed by atoms with E-state index in [1.807, 2.05) is 0 Å². The van der Waals surface area contributed by atoms with Crippen molar-refractivity contribution in [2.24, 2.45) is 0 Å². The molecule has 1 aromatic rings. The van der Waals surface area contributed by atoms with Crippen LogP contribution in [0.15, 0.2) is 6.20 Å². The van der Waals surface area contributed by atoms with Crippen molar-refractivity contribution in [2.75, 3.05) is 0 Å². The summed E-state index contributed by atoms with van der Waals surface area (Å²) in [5, 5.41) is 10.6. The Morgan fingerprint density at radius 2 is 2.27 bits per heavy atom. The largest absolute Gasteiger partial charge is 0.284 e. The van der Waals surface area contributed by atoms with E-state index in [4.69, 9.17) is 11.6 Å². The lowest BCUT2D eigenvalue weighted by Crippen LogP contribution is -2.03. The Labute approximate surface area is 89.0 Å². The number of alkyl halides is 3. The molecule has 0 fully saturated rings. The van der Waals surface area contributed by atoms with Gasteiger partial charge in [-0.3, -0.25) is 15.1 Å². The fraction of sp³-hybridized carbons (Fsp3) is 0.375. The third kappa shape index (κ3) is 2.20. The van der Waals surface area contributed by atoms with Crippen LogP contribution in [0.1, 0.15) is 23.2 Å². The Hall–Kier alpha value is -1.30. The summed E-state index contributed by atoms with van der Waals surface area (Å²) in [6.45, 7) is 1.36. The van der Waals surface area contributed by atoms with Gasteiger partial charge in [0, 0.05) is 11.8 Å². The number of hydrogen-bond acceptors (Lipinski definition) is 3. The predicted molar refractivity (Wildman–Crippen MR) is 50.1 cm³/mol. The minimum atomic E-state index is -2.92. The summed E-state index contributed by atoms with van der Waals surface area (Å²) >= 11 is 5.47. The molecular weight excluding hydrogens is 230 g/mol. The fourth-order valence-corrected chi connectivity index (χ4v) is 1.46. The van der Waals surface area contributed by atoms with Gasteiger partial charge in [0.15, 0.2) is 0 Å². The van der Waals surface area contributed by atoms with E-state index in [2.05, 4.69) is 4.98 Å². The van der Waals surface area contributed by atoms with Crippen LogP contribution < -0.4 is 0 Å². The normalized spacial score (nSPS) is 10.7. The van der Waals surface area contributed by atoms with Crippen LogP contribution in [0.5, 0.6) is 0 Å². The third-order valence-electron chi connectivity index (χ3n) is 1.97. The van der Waals surface area contributed by atoms with E-state index in [0.29, 0.717) is 0 Å². The van der Waals surface area contributed by atoms with Crippen molar-refractivity contribution < 1.29 is 13.7 Å². The number of halogens is 3. The number of hydrogen-bond donors (Lipinski definition) is 0. The highest BCUT2D eigenvalue weighted by Gasteiger charge is 2.26. The minimum absolute atomic E-state index is 0.0454. The number of nitrogens with zero attached hydrogens (tertiary/aromatic N) is 2. The highest BCUT2D eigenvalue weighted by Crippen LogP contribution is 2.32. The van der Waals surface area contributed by atoms with Crippen molar-refractivity contribution in [2.45, 2.75) is 19.2 Å². The first-order valence-electron chi connectivity index (χ1n) is 3.96. The summed E-state index contributed by atoms with van der Waals surface area (Å²) in [5.74, 6) is -0.0454. The molecule has 0 amide bonds. The lowest BCUT2D eigenvalue weighted by molar-refractivity contribution is -0.387. The van der Waals surface area contributed by atoms with Crippen molar-refractivity contribution >= 4 is 17.3 Å². The number of rotatable bonds is 3. The molecule has 0 unspecified atom stereocenters. The second-order valence-corrected chi connectivity index (χ2v) is 3.09. The molecule has 82 valence electrons. The van der Waals surface area contributed by atoms with E-state index in [-0.39, 0.29) is 17.1 Å². The molecule has 0 aliphatic rings. The van der Waals surface area contributed by atoms with Crippen LogP contribution in [0, 0.1) is 17.0 Å². The summed E-state index contributed by atoms with van der Waals surface area (Å²) in [4.78, 5) is 13.4. The molecule has 0 radical (unpaired) electrons. The zero-order chi connectivity index (χ0) is 11.6. The predicted octanol–water partition coefficient (Wildman–Crippen LogP) is 2.97. The van der Waals surface area contributed by atoms with Gasteiger partial charge in [-0.15, -0.1) is 11.6 Å². The van der Waals surface area contributed by atoms with Gasteiger partial charge in [0.2, 0.25) is 0 Å². The first-order chi connectivity index (χ1) is 6.99. The fourth-order valence-electron chi connectivity index (χ4n) is 1.20. The van der Waals surface area contributed by atoms with Crippen LogP contribution in [-0.2, 0) is 5.88 Å². The van der Waals surface area contributed by atoms with Gasteiger partial charge in [-0.1, -0.05) is 0 Å². The lowest BCUT2D eigenvalue weighted by Gasteiger charge is -2.06. The standard InChI is InChI=1S/C8H7ClF2N2O2/c1-4-6(2-9)12-3-5(8(10)11)7(4)13(14)15/h3,8H,2H2,1H3. The molecule has 0 aromatic carbocycles. The van der Waals surface area contributed by atoms with Gasteiger partial charge in [0.25, 0.3) is 12.1 Å². The Morgan fingerprint density at radius 3 is 2.67 bits per heavy atom. The van der Waals surface area contributed by atoms with E-state index in [1.54, 1.807) is 0 Å². The average molecular weight is 237 g/mol. The highest BCUT2D eigenvalue weighted by atomic mass is 35.5. The van der Waals surface area contributed by atoms with Gasteiger partial charge in [-0.25, -0.2) is 8.78 Å². The summed E-state index contributed by atoms with van der Waals surface area (Å²) in [5.41, 5.74) is -0.942. The smallest absolute Gasteiger partial charge is 0.259 e. The van der Waals surface area contributed by atoms with Crippen LogP contribution in [-0.4, -0.2) is 9.91 Å². The second-order valence-electron chi connectivity index (χ2n) is 2.83. The topological polar surface area (TPSA) is 56.0 Å². The third-order valence-corrected chi connectivity index (χ3v) is 2.22. The van der Waals surface area contributed by atoms with Crippen LogP contribution >= 0.6 is 11.6 Å². The lowest BCUT2D eigenvalue weighted by atomic mass is 10.1. The van der Waals surface area contributed by atoms with Crippen LogP contribution in [0.2, 0.25) is 0 Å². The van der Waals surface area contributed by atoms with E-state index >= 15 is 0 Å². The summed E-state index contributed by atoms with van der Waals surface area (Å²) in [6.07, 6.45) is -2.12. The molecule has 1 rings (SSSR count). The molecule has 0 saturated carbocycles. The van der Waals surface area contributed by atoms with Gasteiger partial charge >= 0.3 is 0 Å². The van der Waals surface area contributed by atoms with Crippen LogP contribution in [0.4, 0.5) is 14.5 Å². The van der Waals surface area contributed by atoms with Crippen molar-refractivity contribution in [1.82, 2.24) is 4.98 Å². The maximum absolute atomic E-state index is 12.4. The van der Waals surface area contributed by atoms with Gasteiger partial charge in [0.05, 0.1) is 16.5 Å². The molecular formula is C8H7ClF2N2O2. The summed E-state index contributed by atoms with van der Waals surface area (Å²) in [6, 6.07) is 0. The van der Waals surface area contributed by atoms with E-state index in [9.17, 15) is 18.9 Å². The molecule has 7 heteroatoms. The van der Waals surface area contributed by atoms with Crippen molar-refractivity contribution in [3.8, 4) is 0 Å². The van der Waals surface area contributed by atoms with Gasteiger partial charge in [-0.2, -0.15) is 0 Å². The molecule has 4 nitrogen and oxygen atoms in total. The SMILES string of the molecule is Cc1c(CCl)ncc(C(F)F)c1[N+](=O)[O-]. The van der Waals surface area contributed by atoms with Crippen molar-refractivity contribution in [3.63, 3.8) is 0 Å². The van der Waals surface area contributed by atoms with E-state index in [0.717, 1.165) is 6.20 Å². The van der Waals surface area contributed by atoms with Gasteiger partial charge in [0.1, 0.15) is 5.56 Å². The Kier molecular flexibility index (Phi) is 3.52. The molecule has 1 aromatic heterocycles. The summed E-state index contributed by atoms with van der Waals surface area (Å²) in [7, 11) is 0. The van der Waals surface area contributed by atoms with Crippen molar-refractivity contribution in [1.29, 1.82) is 0 Å². The Balaban J connectivity index is 3.44. The van der Waals surface area contributed by atoms with Gasteiger partial charge < -0.3 is 0 Å². The maximum Gasteiger partial charge on any atom is 0.284 e. The molecule has 1 heterocycles. The number of pyridine rings is 1.